The number of carbonyl (C=O) groups is 1. The number of likely N-dealkylation sites (tertiary alicyclic amines) is 1. The van der Waals surface area contributed by atoms with Gasteiger partial charge < -0.3 is 10.6 Å². The summed E-state index contributed by atoms with van der Waals surface area (Å²) in [4.78, 5) is 14.3. The third-order valence-electron chi connectivity index (χ3n) is 4.94. The normalized spacial score (nSPS) is 15.5. The van der Waals surface area contributed by atoms with Crippen molar-refractivity contribution >= 4 is 6.03 Å². The second-order valence-corrected chi connectivity index (χ2v) is 7.04. The summed E-state index contributed by atoms with van der Waals surface area (Å²) >= 11 is 0. The first-order valence-electron chi connectivity index (χ1n) is 9.31. The number of urea groups is 1. The Morgan fingerprint density at radius 2 is 1.44 bits per heavy atom. The van der Waals surface area contributed by atoms with Gasteiger partial charge in [0.2, 0.25) is 0 Å². The van der Waals surface area contributed by atoms with Crippen LogP contribution in [0.1, 0.15) is 24.0 Å². The number of piperidine rings is 1. The van der Waals surface area contributed by atoms with Crippen LogP contribution in [0.15, 0.2) is 48.5 Å². The van der Waals surface area contributed by atoms with Crippen LogP contribution in [-0.4, -0.2) is 30.6 Å². The molecule has 1 heterocycles. The number of amides is 2. The number of rotatable bonds is 6. The molecule has 0 spiro atoms. The van der Waals surface area contributed by atoms with Gasteiger partial charge in [0.05, 0.1) is 0 Å². The van der Waals surface area contributed by atoms with Gasteiger partial charge >= 0.3 is 6.03 Å². The number of hydrogen-bond donors (Lipinski definition) is 2. The van der Waals surface area contributed by atoms with E-state index in [1.54, 1.807) is 12.1 Å². The van der Waals surface area contributed by atoms with E-state index in [1.165, 1.54) is 24.3 Å². The van der Waals surface area contributed by atoms with Crippen LogP contribution in [0, 0.1) is 17.6 Å². The Hall–Kier alpha value is -2.47. The summed E-state index contributed by atoms with van der Waals surface area (Å²) in [6.07, 6.45) is 2.05. The molecular formula is C21H25F2N3O. The number of hydrogen-bond acceptors (Lipinski definition) is 2. The Labute approximate surface area is 158 Å². The minimum absolute atomic E-state index is 0.201. The summed E-state index contributed by atoms with van der Waals surface area (Å²) in [5, 5.41) is 5.71. The van der Waals surface area contributed by atoms with Gasteiger partial charge in [-0.3, -0.25) is 4.90 Å². The van der Waals surface area contributed by atoms with E-state index in [0.29, 0.717) is 19.0 Å². The Kier molecular flexibility index (Phi) is 6.76. The van der Waals surface area contributed by atoms with Crippen LogP contribution in [0.2, 0.25) is 0 Å². The van der Waals surface area contributed by atoms with Gasteiger partial charge in [-0.15, -0.1) is 0 Å². The Morgan fingerprint density at radius 1 is 0.889 bits per heavy atom. The highest BCUT2D eigenvalue weighted by molar-refractivity contribution is 5.73. The first kappa shape index (κ1) is 19.3. The molecule has 0 saturated carbocycles. The summed E-state index contributed by atoms with van der Waals surface area (Å²) in [5.74, 6) is -0.0266. The maximum atomic E-state index is 13.0. The van der Waals surface area contributed by atoms with Gasteiger partial charge in [0, 0.05) is 19.6 Å². The minimum Gasteiger partial charge on any atom is -0.338 e. The lowest BCUT2D eigenvalue weighted by atomic mass is 9.96. The van der Waals surface area contributed by atoms with Crippen LogP contribution in [0.3, 0.4) is 0 Å². The Balaban J connectivity index is 1.32. The van der Waals surface area contributed by atoms with Gasteiger partial charge in [0.25, 0.3) is 0 Å². The zero-order valence-corrected chi connectivity index (χ0v) is 15.3. The number of nitrogens with zero attached hydrogens (tertiary/aromatic N) is 1. The van der Waals surface area contributed by atoms with Crippen molar-refractivity contribution in [2.45, 2.75) is 25.9 Å². The highest BCUT2D eigenvalue weighted by atomic mass is 19.1. The third-order valence-corrected chi connectivity index (χ3v) is 4.94. The van der Waals surface area contributed by atoms with Gasteiger partial charge in [0.15, 0.2) is 0 Å². The summed E-state index contributed by atoms with van der Waals surface area (Å²) in [5.41, 5.74) is 1.98. The fourth-order valence-electron chi connectivity index (χ4n) is 3.28. The summed E-state index contributed by atoms with van der Waals surface area (Å²) in [6.45, 7) is 3.81. The van der Waals surface area contributed by atoms with E-state index in [4.69, 9.17) is 0 Å². The smallest absolute Gasteiger partial charge is 0.315 e. The topological polar surface area (TPSA) is 44.4 Å². The van der Waals surface area contributed by atoms with Crippen LogP contribution >= 0.6 is 0 Å². The molecule has 2 amide bonds. The van der Waals surface area contributed by atoms with Crippen molar-refractivity contribution in [3.8, 4) is 0 Å². The minimum atomic E-state index is -0.283. The van der Waals surface area contributed by atoms with E-state index in [2.05, 4.69) is 15.5 Å². The van der Waals surface area contributed by atoms with Crippen LogP contribution in [-0.2, 0) is 13.1 Å². The molecule has 144 valence electrons. The van der Waals surface area contributed by atoms with E-state index in [-0.39, 0.29) is 17.7 Å². The van der Waals surface area contributed by atoms with Crippen molar-refractivity contribution in [2.24, 2.45) is 5.92 Å². The molecule has 3 rings (SSSR count). The lowest BCUT2D eigenvalue weighted by Crippen LogP contribution is -2.41. The molecule has 0 aromatic heterocycles. The lowest BCUT2D eigenvalue weighted by molar-refractivity contribution is 0.175. The number of halogens is 2. The van der Waals surface area contributed by atoms with Gasteiger partial charge in [-0.1, -0.05) is 24.3 Å². The molecule has 0 unspecified atom stereocenters. The largest absolute Gasteiger partial charge is 0.338 e. The highest BCUT2D eigenvalue weighted by Crippen LogP contribution is 2.18. The summed E-state index contributed by atoms with van der Waals surface area (Å²) in [7, 11) is 0. The second kappa shape index (κ2) is 9.46. The maximum Gasteiger partial charge on any atom is 0.315 e. The number of benzene rings is 2. The van der Waals surface area contributed by atoms with Crippen molar-refractivity contribution in [1.29, 1.82) is 0 Å². The molecule has 2 aromatic carbocycles. The summed E-state index contributed by atoms with van der Waals surface area (Å²) in [6, 6.07) is 12.5. The third kappa shape index (κ3) is 6.32. The molecule has 0 atom stereocenters. The predicted octanol–water partition coefficient (Wildman–Crippen LogP) is 3.68. The zero-order chi connectivity index (χ0) is 19.1. The molecule has 1 aliphatic heterocycles. The van der Waals surface area contributed by atoms with Gasteiger partial charge in [-0.05, 0) is 67.2 Å². The van der Waals surface area contributed by atoms with Gasteiger partial charge in [0.1, 0.15) is 11.6 Å². The van der Waals surface area contributed by atoms with Gasteiger partial charge in [-0.2, -0.15) is 0 Å². The van der Waals surface area contributed by atoms with Crippen LogP contribution in [0.4, 0.5) is 13.6 Å². The molecule has 27 heavy (non-hydrogen) atoms. The van der Waals surface area contributed by atoms with E-state index >= 15 is 0 Å². The van der Waals surface area contributed by atoms with Crippen molar-refractivity contribution in [1.82, 2.24) is 15.5 Å². The molecule has 0 aliphatic carbocycles. The SMILES string of the molecule is O=C(NCc1ccc(F)cc1)NCC1CCN(Cc2ccc(F)cc2)CC1. The van der Waals surface area contributed by atoms with Crippen molar-refractivity contribution in [2.75, 3.05) is 19.6 Å². The van der Waals surface area contributed by atoms with E-state index in [1.807, 2.05) is 12.1 Å². The van der Waals surface area contributed by atoms with E-state index in [9.17, 15) is 13.6 Å². The monoisotopic (exact) mass is 373 g/mol. The van der Waals surface area contributed by atoms with Crippen LogP contribution in [0.25, 0.3) is 0 Å². The molecular weight excluding hydrogens is 348 g/mol. The van der Waals surface area contributed by atoms with Crippen molar-refractivity contribution in [3.05, 3.63) is 71.3 Å². The van der Waals surface area contributed by atoms with E-state index in [0.717, 1.165) is 43.6 Å². The second-order valence-electron chi connectivity index (χ2n) is 7.04. The first-order chi connectivity index (χ1) is 13.1. The fraction of sp³-hybridized carbons (Fsp3) is 0.381. The predicted molar refractivity (Wildman–Crippen MR) is 101 cm³/mol. The average Bonchev–Trinajstić information content (AvgIpc) is 2.69. The van der Waals surface area contributed by atoms with E-state index < -0.39 is 0 Å². The fourth-order valence-corrected chi connectivity index (χ4v) is 3.28. The molecule has 2 N–H and O–H groups in total. The zero-order valence-electron chi connectivity index (χ0n) is 15.3. The lowest BCUT2D eigenvalue weighted by Gasteiger charge is -2.32. The van der Waals surface area contributed by atoms with Crippen LogP contribution in [0.5, 0.6) is 0 Å². The Bertz CT molecular complexity index is 726. The molecule has 0 bridgehead atoms. The molecule has 1 saturated heterocycles. The maximum absolute atomic E-state index is 13.0. The first-order valence-corrected chi connectivity index (χ1v) is 9.31. The molecule has 4 nitrogen and oxygen atoms in total. The molecule has 0 radical (unpaired) electrons. The molecule has 6 heteroatoms. The van der Waals surface area contributed by atoms with Crippen molar-refractivity contribution in [3.63, 3.8) is 0 Å². The standard InChI is InChI=1S/C21H25F2N3O/c22-19-5-1-16(2-6-19)13-24-21(27)25-14-17-9-11-26(12-10-17)15-18-3-7-20(23)8-4-18/h1-8,17H,9-15H2,(H2,24,25,27). The molecule has 2 aromatic rings. The van der Waals surface area contributed by atoms with Crippen molar-refractivity contribution < 1.29 is 13.6 Å². The average molecular weight is 373 g/mol. The number of carbonyl (C=O) groups excluding carboxylic acids is 1. The van der Waals surface area contributed by atoms with Gasteiger partial charge in [-0.25, -0.2) is 13.6 Å². The molecule has 1 fully saturated rings. The molecule has 1 aliphatic rings. The van der Waals surface area contributed by atoms with Crippen LogP contribution < -0.4 is 10.6 Å². The quantitative estimate of drug-likeness (QED) is 0.811. The Morgan fingerprint density at radius 3 is 2.04 bits per heavy atom. The number of nitrogens with one attached hydrogen (secondary N) is 2. The highest BCUT2D eigenvalue weighted by Gasteiger charge is 2.19. The summed E-state index contributed by atoms with van der Waals surface area (Å²) < 4.78 is 25.8.